The zero-order valence-corrected chi connectivity index (χ0v) is 11.1. The second kappa shape index (κ2) is 5.71. The molecule has 4 heteroatoms. The summed E-state index contributed by atoms with van der Waals surface area (Å²) >= 11 is 0. The van der Waals surface area contributed by atoms with Crippen LogP contribution in [0.1, 0.15) is 0 Å². The van der Waals surface area contributed by atoms with Crippen molar-refractivity contribution in [2.24, 2.45) is 0 Å². The molecule has 0 fully saturated rings. The standard InChI is InChI=1S/C15H18N2O2/c1-16-13(15(18)19)10-17(2)14-9-5-7-11-6-3-4-8-12(11)14/h3-9,13,16H,10H2,1-2H3,(H,18,19). The Kier molecular flexibility index (Phi) is 4.02. The van der Waals surface area contributed by atoms with Gasteiger partial charge < -0.3 is 15.3 Å². The minimum Gasteiger partial charge on any atom is -0.480 e. The Morgan fingerprint density at radius 2 is 1.95 bits per heavy atom. The number of anilines is 1. The van der Waals surface area contributed by atoms with Crippen LogP contribution in [0.25, 0.3) is 10.8 Å². The summed E-state index contributed by atoms with van der Waals surface area (Å²) < 4.78 is 0. The normalized spacial score (nSPS) is 12.3. The van der Waals surface area contributed by atoms with Crippen LogP contribution in [-0.4, -0.2) is 37.8 Å². The molecule has 0 saturated heterocycles. The number of likely N-dealkylation sites (N-methyl/N-ethyl adjacent to an activating group) is 2. The van der Waals surface area contributed by atoms with E-state index in [1.807, 2.05) is 36.2 Å². The SMILES string of the molecule is CNC(CN(C)c1cccc2ccccc12)C(=O)O. The summed E-state index contributed by atoms with van der Waals surface area (Å²) in [6.07, 6.45) is 0. The van der Waals surface area contributed by atoms with Crippen molar-refractivity contribution in [2.45, 2.75) is 6.04 Å². The Morgan fingerprint density at radius 3 is 2.63 bits per heavy atom. The van der Waals surface area contributed by atoms with Gasteiger partial charge in [0.2, 0.25) is 0 Å². The zero-order chi connectivity index (χ0) is 13.8. The van der Waals surface area contributed by atoms with E-state index < -0.39 is 12.0 Å². The molecule has 0 amide bonds. The molecule has 1 atom stereocenters. The Bertz CT molecular complexity index is 578. The predicted molar refractivity (Wildman–Crippen MR) is 77.7 cm³/mol. The maximum Gasteiger partial charge on any atom is 0.322 e. The Balaban J connectivity index is 2.31. The minimum atomic E-state index is -0.838. The lowest BCUT2D eigenvalue weighted by molar-refractivity contribution is -0.139. The van der Waals surface area contributed by atoms with Gasteiger partial charge in [0.05, 0.1) is 0 Å². The highest BCUT2D eigenvalue weighted by Crippen LogP contribution is 2.25. The van der Waals surface area contributed by atoms with Crippen LogP contribution >= 0.6 is 0 Å². The predicted octanol–water partition coefficient (Wildman–Crippen LogP) is 1.95. The molecule has 0 spiro atoms. The monoisotopic (exact) mass is 258 g/mol. The number of rotatable bonds is 5. The van der Waals surface area contributed by atoms with Gasteiger partial charge in [-0.25, -0.2) is 0 Å². The summed E-state index contributed by atoms with van der Waals surface area (Å²) in [6, 6.07) is 13.6. The van der Waals surface area contributed by atoms with Gasteiger partial charge in [-0.2, -0.15) is 0 Å². The van der Waals surface area contributed by atoms with Gasteiger partial charge in [-0.1, -0.05) is 36.4 Å². The van der Waals surface area contributed by atoms with Crippen LogP contribution in [-0.2, 0) is 4.79 Å². The molecule has 2 aromatic rings. The molecule has 0 aliphatic rings. The number of carbonyl (C=O) groups is 1. The number of fused-ring (bicyclic) bond motifs is 1. The molecule has 0 aliphatic heterocycles. The third-order valence-electron chi connectivity index (χ3n) is 3.28. The number of aliphatic carboxylic acids is 1. The molecular formula is C15H18N2O2. The molecular weight excluding hydrogens is 240 g/mol. The summed E-state index contributed by atoms with van der Waals surface area (Å²) in [4.78, 5) is 13.0. The van der Waals surface area contributed by atoms with Crippen molar-refractivity contribution in [2.75, 3.05) is 25.5 Å². The van der Waals surface area contributed by atoms with E-state index in [1.165, 1.54) is 0 Å². The van der Waals surface area contributed by atoms with E-state index in [0.717, 1.165) is 16.5 Å². The van der Waals surface area contributed by atoms with E-state index in [-0.39, 0.29) is 0 Å². The van der Waals surface area contributed by atoms with Crippen molar-refractivity contribution in [3.05, 3.63) is 42.5 Å². The molecule has 0 aliphatic carbocycles. The fraction of sp³-hybridized carbons (Fsp3) is 0.267. The molecule has 19 heavy (non-hydrogen) atoms. The maximum absolute atomic E-state index is 11.1. The molecule has 4 nitrogen and oxygen atoms in total. The largest absolute Gasteiger partial charge is 0.480 e. The average molecular weight is 258 g/mol. The molecule has 2 rings (SSSR count). The van der Waals surface area contributed by atoms with Gasteiger partial charge in [0.1, 0.15) is 6.04 Å². The number of carboxylic acids is 1. The van der Waals surface area contributed by atoms with E-state index in [4.69, 9.17) is 5.11 Å². The van der Waals surface area contributed by atoms with Crippen molar-refractivity contribution in [1.29, 1.82) is 0 Å². The van der Waals surface area contributed by atoms with Gasteiger partial charge in [-0.3, -0.25) is 4.79 Å². The Morgan fingerprint density at radius 1 is 1.26 bits per heavy atom. The van der Waals surface area contributed by atoms with Crippen molar-refractivity contribution in [3.8, 4) is 0 Å². The molecule has 0 aromatic heterocycles. The summed E-state index contributed by atoms with van der Waals surface area (Å²) in [5, 5.41) is 14.2. The number of hydrogen-bond donors (Lipinski definition) is 2. The van der Waals surface area contributed by atoms with E-state index in [2.05, 4.69) is 23.5 Å². The van der Waals surface area contributed by atoms with Crippen LogP contribution in [0.4, 0.5) is 5.69 Å². The van der Waals surface area contributed by atoms with Crippen molar-refractivity contribution in [1.82, 2.24) is 5.32 Å². The molecule has 0 bridgehead atoms. The molecule has 0 radical (unpaired) electrons. The van der Waals surface area contributed by atoms with Gasteiger partial charge in [0.15, 0.2) is 0 Å². The second-order valence-electron chi connectivity index (χ2n) is 4.56. The summed E-state index contributed by atoms with van der Waals surface area (Å²) in [5.74, 6) is -0.838. The second-order valence-corrected chi connectivity index (χ2v) is 4.56. The van der Waals surface area contributed by atoms with Gasteiger partial charge in [-0.05, 0) is 18.5 Å². The molecule has 1 unspecified atom stereocenters. The highest BCUT2D eigenvalue weighted by molar-refractivity contribution is 5.94. The first-order valence-corrected chi connectivity index (χ1v) is 6.22. The molecule has 0 heterocycles. The van der Waals surface area contributed by atoms with Crippen molar-refractivity contribution >= 4 is 22.4 Å². The van der Waals surface area contributed by atoms with Crippen LogP contribution in [0.15, 0.2) is 42.5 Å². The summed E-state index contributed by atoms with van der Waals surface area (Å²) in [5.41, 5.74) is 1.04. The quantitative estimate of drug-likeness (QED) is 0.860. The molecule has 2 aromatic carbocycles. The highest BCUT2D eigenvalue weighted by atomic mass is 16.4. The lowest BCUT2D eigenvalue weighted by atomic mass is 10.1. The third kappa shape index (κ3) is 2.85. The first-order chi connectivity index (χ1) is 9.13. The molecule has 0 saturated carbocycles. The van der Waals surface area contributed by atoms with Crippen LogP contribution in [0.3, 0.4) is 0 Å². The summed E-state index contributed by atoms with van der Waals surface area (Å²) in [6.45, 7) is 0.417. The highest BCUT2D eigenvalue weighted by Gasteiger charge is 2.18. The van der Waals surface area contributed by atoms with Crippen LogP contribution in [0.2, 0.25) is 0 Å². The Labute approximate surface area is 112 Å². The van der Waals surface area contributed by atoms with Gasteiger partial charge in [-0.15, -0.1) is 0 Å². The number of nitrogens with zero attached hydrogens (tertiary/aromatic N) is 1. The van der Waals surface area contributed by atoms with Gasteiger partial charge in [0, 0.05) is 24.7 Å². The fourth-order valence-electron chi connectivity index (χ4n) is 2.21. The number of carboxylic acid groups (broad SMARTS) is 1. The van der Waals surface area contributed by atoms with E-state index in [9.17, 15) is 4.79 Å². The fourth-order valence-corrected chi connectivity index (χ4v) is 2.21. The van der Waals surface area contributed by atoms with E-state index >= 15 is 0 Å². The lowest BCUT2D eigenvalue weighted by Gasteiger charge is -2.24. The maximum atomic E-state index is 11.1. The number of nitrogens with one attached hydrogen (secondary N) is 1. The minimum absolute atomic E-state index is 0.417. The molecule has 100 valence electrons. The Hall–Kier alpha value is -2.07. The number of benzene rings is 2. The third-order valence-corrected chi connectivity index (χ3v) is 3.28. The first kappa shape index (κ1) is 13.4. The zero-order valence-electron chi connectivity index (χ0n) is 11.1. The van der Waals surface area contributed by atoms with E-state index in [1.54, 1.807) is 7.05 Å². The molecule has 2 N–H and O–H groups in total. The van der Waals surface area contributed by atoms with Crippen molar-refractivity contribution < 1.29 is 9.90 Å². The smallest absolute Gasteiger partial charge is 0.322 e. The van der Waals surface area contributed by atoms with Crippen LogP contribution in [0, 0.1) is 0 Å². The van der Waals surface area contributed by atoms with Gasteiger partial charge >= 0.3 is 5.97 Å². The number of hydrogen-bond acceptors (Lipinski definition) is 3. The van der Waals surface area contributed by atoms with Crippen LogP contribution in [0.5, 0.6) is 0 Å². The van der Waals surface area contributed by atoms with Gasteiger partial charge in [0.25, 0.3) is 0 Å². The van der Waals surface area contributed by atoms with Crippen LogP contribution < -0.4 is 10.2 Å². The lowest BCUT2D eigenvalue weighted by Crippen LogP contribution is -2.43. The van der Waals surface area contributed by atoms with E-state index in [0.29, 0.717) is 6.54 Å². The van der Waals surface area contributed by atoms with Crippen molar-refractivity contribution in [3.63, 3.8) is 0 Å². The average Bonchev–Trinajstić information content (AvgIpc) is 2.43. The first-order valence-electron chi connectivity index (χ1n) is 6.22. The summed E-state index contributed by atoms with van der Waals surface area (Å²) in [7, 11) is 3.57. The topological polar surface area (TPSA) is 52.6 Å².